The van der Waals surface area contributed by atoms with Crippen molar-refractivity contribution in [3.05, 3.63) is 34.7 Å². The lowest BCUT2D eigenvalue weighted by Crippen LogP contribution is -2.04. The standard InChI is InChI=1S/C10H9ClFN3O/c11-8-2-1-6(12)5-7(8)10-9(3-4-13)14-16-15-10/h1-2,5H,3-4,13H2. The lowest BCUT2D eigenvalue weighted by atomic mass is 10.1. The molecular formula is C10H9ClFN3O. The van der Waals surface area contributed by atoms with Crippen LogP contribution in [0.1, 0.15) is 5.69 Å². The molecule has 0 aliphatic carbocycles. The van der Waals surface area contributed by atoms with Crippen molar-refractivity contribution in [2.24, 2.45) is 5.73 Å². The second-order valence-corrected chi connectivity index (χ2v) is 3.63. The van der Waals surface area contributed by atoms with Crippen LogP contribution in [0.4, 0.5) is 4.39 Å². The minimum Gasteiger partial charge on any atom is -0.330 e. The Morgan fingerprint density at radius 3 is 2.94 bits per heavy atom. The monoisotopic (exact) mass is 241 g/mol. The van der Waals surface area contributed by atoms with Crippen LogP contribution in [0.3, 0.4) is 0 Å². The minimum absolute atomic E-state index is 0.388. The molecule has 0 unspecified atom stereocenters. The van der Waals surface area contributed by atoms with E-state index in [0.29, 0.717) is 34.9 Å². The molecule has 0 saturated carbocycles. The topological polar surface area (TPSA) is 64.9 Å². The van der Waals surface area contributed by atoms with E-state index in [1.807, 2.05) is 0 Å². The lowest BCUT2D eigenvalue weighted by Gasteiger charge is -2.01. The molecule has 6 heteroatoms. The first kappa shape index (κ1) is 11.0. The molecular weight excluding hydrogens is 233 g/mol. The van der Waals surface area contributed by atoms with Crippen molar-refractivity contribution < 1.29 is 9.02 Å². The van der Waals surface area contributed by atoms with Crippen molar-refractivity contribution in [2.75, 3.05) is 6.54 Å². The van der Waals surface area contributed by atoms with Gasteiger partial charge in [-0.3, -0.25) is 0 Å². The Morgan fingerprint density at radius 2 is 2.19 bits per heavy atom. The van der Waals surface area contributed by atoms with E-state index in [1.165, 1.54) is 18.2 Å². The highest BCUT2D eigenvalue weighted by Gasteiger charge is 2.15. The Labute approximate surface area is 96.2 Å². The van der Waals surface area contributed by atoms with Gasteiger partial charge in [-0.15, -0.1) is 0 Å². The van der Waals surface area contributed by atoms with Gasteiger partial charge >= 0.3 is 0 Å². The summed E-state index contributed by atoms with van der Waals surface area (Å²) in [6.07, 6.45) is 0.506. The van der Waals surface area contributed by atoms with Gasteiger partial charge in [0.1, 0.15) is 17.2 Å². The highest BCUT2D eigenvalue weighted by molar-refractivity contribution is 6.33. The average Bonchev–Trinajstić information content (AvgIpc) is 2.70. The Balaban J connectivity index is 2.49. The van der Waals surface area contributed by atoms with Crippen LogP contribution >= 0.6 is 11.6 Å². The van der Waals surface area contributed by atoms with Crippen molar-refractivity contribution >= 4 is 11.6 Å². The molecule has 0 aliphatic heterocycles. The number of benzene rings is 1. The molecule has 2 N–H and O–H groups in total. The number of hydrogen-bond acceptors (Lipinski definition) is 4. The summed E-state index contributed by atoms with van der Waals surface area (Å²) in [7, 11) is 0. The van der Waals surface area contributed by atoms with E-state index in [0.717, 1.165) is 0 Å². The van der Waals surface area contributed by atoms with Gasteiger partial charge in [0.25, 0.3) is 0 Å². The summed E-state index contributed by atoms with van der Waals surface area (Å²) in [5.41, 5.74) is 6.90. The first-order chi connectivity index (χ1) is 7.72. The number of halogens is 2. The van der Waals surface area contributed by atoms with Crippen LogP contribution in [0, 0.1) is 5.82 Å². The molecule has 4 nitrogen and oxygen atoms in total. The van der Waals surface area contributed by atoms with Crippen LogP contribution in [0.5, 0.6) is 0 Å². The van der Waals surface area contributed by atoms with Crippen LogP contribution in [-0.2, 0) is 6.42 Å². The number of nitrogens with two attached hydrogens (primary N) is 1. The summed E-state index contributed by atoms with van der Waals surface area (Å²) in [4.78, 5) is 0. The molecule has 0 fully saturated rings. The summed E-state index contributed by atoms with van der Waals surface area (Å²) >= 11 is 5.95. The summed E-state index contributed by atoms with van der Waals surface area (Å²) in [5, 5.41) is 7.82. The molecule has 16 heavy (non-hydrogen) atoms. The van der Waals surface area contributed by atoms with Gasteiger partial charge in [-0.1, -0.05) is 16.8 Å². The summed E-state index contributed by atoms with van der Waals surface area (Å²) < 4.78 is 17.7. The summed E-state index contributed by atoms with van der Waals surface area (Å²) in [5.74, 6) is -0.388. The van der Waals surface area contributed by atoms with Gasteiger partial charge in [0.2, 0.25) is 0 Å². The first-order valence-electron chi connectivity index (χ1n) is 4.69. The van der Waals surface area contributed by atoms with Crippen molar-refractivity contribution in [3.63, 3.8) is 0 Å². The SMILES string of the molecule is NCCc1nonc1-c1cc(F)ccc1Cl. The van der Waals surface area contributed by atoms with Gasteiger partial charge in [-0.05, 0) is 29.9 Å². The zero-order chi connectivity index (χ0) is 11.5. The van der Waals surface area contributed by atoms with E-state index in [2.05, 4.69) is 14.9 Å². The van der Waals surface area contributed by atoms with Crippen molar-refractivity contribution in [1.82, 2.24) is 10.3 Å². The maximum absolute atomic E-state index is 13.1. The molecule has 0 radical (unpaired) electrons. The number of aromatic nitrogens is 2. The van der Waals surface area contributed by atoms with Crippen molar-refractivity contribution in [2.45, 2.75) is 6.42 Å². The number of nitrogens with zero attached hydrogens (tertiary/aromatic N) is 2. The van der Waals surface area contributed by atoms with E-state index in [4.69, 9.17) is 17.3 Å². The number of hydrogen-bond donors (Lipinski definition) is 1. The van der Waals surface area contributed by atoms with E-state index in [-0.39, 0.29) is 5.82 Å². The molecule has 1 heterocycles. The predicted octanol–water partition coefficient (Wildman–Crippen LogP) is 2.03. The van der Waals surface area contributed by atoms with Crippen LogP contribution < -0.4 is 5.73 Å². The molecule has 2 rings (SSSR count). The molecule has 0 saturated heterocycles. The van der Waals surface area contributed by atoms with Crippen molar-refractivity contribution in [3.8, 4) is 11.3 Å². The smallest absolute Gasteiger partial charge is 0.139 e. The molecule has 1 aromatic carbocycles. The van der Waals surface area contributed by atoms with Gasteiger partial charge in [-0.25, -0.2) is 9.02 Å². The van der Waals surface area contributed by atoms with Gasteiger partial charge in [0.15, 0.2) is 0 Å². The molecule has 1 aromatic heterocycles. The maximum atomic E-state index is 13.1. The molecule has 0 amide bonds. The van der Waals surface area contributed by atoms with Gasteiger partial charge < -0.3 is 5.73 Å². The third-order valence-corrected chi connectivity index (χ3v) is 2.45. The third-order valence-electron chi connectivity index (χ3n) is 2.12. The molecule has 0 spiro atoms. The molecule has 0 aliphatic rings. The second kappa shape index (κ2) is 4.59. The second-order valence-electron chi connectivity index (χ2n) is 3.22. The number of rotatable bonds is 3. The fourth-order valence-corrected chi connectivity index (χ4v) is 1.60. The zero-order valence-electron chi connectivity index (χ0n) is 8.28. The summed E-state index contributed by atoms with van der Waals surface area (Å²) in [6, 6.07) is 4.04. The minimum atomic E-state index is -0.388. The highest BCUT2D eigenvalue weighted by atomic mass is 35.5. The van der Waals surface area contributed by atoms with Crippen LogP contribution in [0.2, 0.25) is 5.02 Å². The molecule has 0 bridgehead atoms. The van der Waals surface area contributed by atoms with Crippen LogP contribution in [0.25, 0.3) is 11.3 Å². The fourth-order valence-electron chi connectivity index (χ4n) is 1.39. The maximum Gasteiger partial charge on any atom is 0.139 e. The van der Waals surface area contributed by atoms with E-state index >= 15 is 0 Å². The Morgan fingerprint density at radius 1 is 1.38 bits per heavy atom. The molecule has 84 valence electrons. The van der Waals surface area contributed by atoms with Crippen molar-refractivity contribution in [1.29, 1.82) is 0 Å². The molecule has 2 aromatic rings. The fraction of sp³-hybridized carbons (Fsp3) is 0.200. The van der Waals surface area contributed by atoms with E-state index in [1.54, 1.807) is 0 Å². The lowest BCUT2D eigenvalue weighted by molar-refractivity contribution is 0.304. The highest BCUT2D eigenvalue weighted by Crippen LogP contribution is 2.29. The Bertz CT molecular complexity index is 501. The zero-order valence-corrected chi connectivity index (χ0v) is 9.04. The Hall–Kier alpha value is -1.46. The van der Waals surface area contributed by atoms with Crippen LogP contribution in [0.15, 0.2) is 22.8 Å². The molecule has 0 atom stereocenters. The van der Waals surface area contributed by atoms with E-state index < -0.39 is 0 Å². The summed E-state index contributed by atoms with van der Waals surface area (Å²) in [6.45, 7) is 0.411. The van der Waals surface area contributed by atoms with E-state index in [9.17, 15) is 4.39 Å². The average molecular weight is 242 g/mol. The van der Waals surface area contributed by atoms with Gasteiger partial charge in [0, 0.05) is 12.0 Å². The predicted molar refractivity (Wildman–Crippen MR) is 57.5 cm³/mol. The largest absolute Gasteiger partial charge is 0.330 e. The normalized spacial score (nSPS) is 10.7. The Kier molecular flexibility index (Phi) is 3.17. The quantitative estimate of drug-likeness (QED) is 0.893. The van der Waals surface area contributed by atoms with Gasteiger partial charge in [0.05, 0.1) is 5.02 Å². The first-order valence-corrected chi connectivity index (χ1v) is 5.07. The third kappa shape index (κ3) is 2.05. The van der Waals surface area contributed by atoms with Gasteiger partial charge in [-0.2, -0.15) is 0 Å². The van der Waals surface area contributed by atoms with Crippen LogP contribution in [-0.4, -0.2) is 16.9 Å².